The van der Waals surface area contributed by atoms with E-state index >= 15 is 0 Å². The van der Waals surface area contributed by atoms with Crippen LogP contribution in [0, 0.1) is 5.92 Å². The lowest BCUT2D eigenvalue weighted by Gasteiger charge is -2.27. The van der Waals surface area contributed by atoms with Crippen molar-refractivity contribution < 1.29 is 8.42 Å². The molecule has 1 fully saturated rings. The summed E-state index contributed by atoms with van der Waals surface area (Å²) < 4.78 is 25.2. The van der Waals surface area contributed by atoms with E-state index in [4.69, 9.17) is 0 Å². The van der Waals surface area contributed by atoms with Crippen LogP contribution in [0.15, 0.2) is 29.4 Å². The number of hydrogen-bond donors (Lipinski definition) is 2. The normalized spacial score (nSPS) is 17.4. The molecule has 0 aromatic heterocycles. The molecule has 0 atom stereocenters. The van der Waals surface area contributed by atoms with Gasteiger partial charge in [-0.15, -0.1) is 0 Å². The second-order valence-corrected chi connectivity index (χ2v) is 8.42. The van der Waals surface area contributed by atoms with Crippen LogP contribution in [0.4, 0.5) is 5.69 Å². The molecule has 2 N–H and O–H groups in total. The number of anilines is 1. The Morgan fingerprint density at radius 2 is 1.92 bits per heavy atom. The maximum Gasteiger partial charge on any atom is 0.211 e. The summed E-state index contributed by atoms with van der Waals surface area (Å²) in [4.78, 5) is 2.37. The monoisotopic (exact) mass is 352 g/mol. The summed E-state index contributed by atoms with van der Waals surface area (Å²) in [5.41, 5.74) is 4.94. The summed E-state index contributed by atoms with van der Waals surface area (Å²) in [5.74, 6) is 0.841. The van der Waals surface area contributed by atoms with E-state index in [0.717, 1.165) is 23.6 Å². The average Bonchev–Trinajstić information content (AvgIpc) is 2.59. The number of hydrogen-bond acceptors (Lipinski definition) is 5. The van der Waals surface area contributed by atoms with Gasteiger partial charge >= 0.3 is 0 Å². The highest BCUT2D eigenvalue weighted by atomic mass is 32.2. The van der Waals surface area contributed by atoms with Gasteiger partial charge in [0.1, 0.15) is 0 Å². The lowest BCUT2D eigenvalue weighted by atomic mass is 9.94. The van der Waals surface area contributed by atoms with E-state index in [1.54, 1.807) is 0 Å². The molecule has 0 unspecified atom stereocenters. The number of likely N-dealkylation sites (tertiary alicyclic amines) is 1. The Kier molecular flexibility index (Phi) is 7.20. The maximum atomic E-state index is 11.4. The number of rotatable bonds is 8. The van der Waals surface area contributed by atoms with Crippen molar-refractivity contribution in [2.75, 3.05) is 38.4 Å². The van der Waals surface area contributed by atoms with Crippen molar-refractivity contribution in [3.05, 3.63) is 29.8 Å². The van der Waals surface area contributed by atoms with Gasteiger partial charge in [-0.1, -0.05) is 12.1 Å². The molecule has 6 nitrogen and oxygen atoms in total. The number of aryl methyl sites for hydroxylation is 1. The van der Waals surface area contributed by atoms with Gasteiger partial charge in [0.25, 0.3) is 0 Å². The van der Waals surface area contributed by atoms with Crippen molar-refractivity contribution in [2.45, 2.75) is 25.7 Å². The van der Waals surface area contributed by atoms with Gasteiger partial charge in [0.15, 0.2) is 0 Å². The number of nitrogens with one attached hydrogen (secondary N) is 2. The largest absolute Gasteiger partial charge is 0.306 e. The van der Waals surface area contributed by atoms with Crippen LogP contribution in [-0.2, 0) is 16.4 Å². The molecule has 1 aromatic rings. The lowest BCUT2D eigenvalue weighted by molar-refractivity contribution is 0.224. The molecule has 0 saturated carbocycles. The van der Waals surface area contributed by atoms with Crippen molar-refractivity contribution >= 4 is 21.9 Å². The molecule has 1 aliphatic rings. The lowest BCUT2D eigenvalue weighted by Crippen LogP contribution is -2.30. The first-order valence-electron chi connectivity index (χ1n) is 8.45. The van der Waals surface area contributed by atoms with E-state index < -0.39 is 10.0 Å². The van der Waals surface area contributed by atoms with E-state index in [1.807, 2.05) is 30.5 Å². The van der Waals surface area contributed by atoms with Gasteiger partial charge in [-0.3, -0.25) is 5.43 Å². The quantitative estimate of drug-likeness (QED) is 0.554. The Labute approximate surface area is 145 Å². The topological polar surface area (TPSA) is 73.8 Å². The summed E-state index contributed by atoms with van der Waals surface area (Å²) in [6, 6.07) is 7.71. The zero-order chi connectivity index (χ0) is 17.4. The number of benzene rings is 1. The molecule has 24 heavy (non-hydrogen) atoms. The van der Waals surface area contributed by atoms with Gasteiger partial charge in [0.05, 0.1) is 11.4 Å². The second kappa shape index (κ2) is 9.15. The third-order valence-electron chi connectivity index (χ3n) is 4.49. The molecular formula is C17H28N4O2S. The summed E-state index contributed by atoms with van der Waals surface area (Å²) in [6.45, 7) is 2.35. The molecular weight excluding hydrogens is 324 g/mol. The van der Waals surface area contributed by atoms with Crippen LogP contribution in [-0.4, -0.2) is 52.5 Å². The molecule has 0 bridgehead atoms. The molecule has 0 radical (unpaired) electrons. The highest BCUT2D eigenvalue weighted by Gasteiger charge is 2.15. The molecule has 1 saturated heterocycles. The maximum absolute atomic E-state index is 11.4. The summed E-state index contributed by atoms with van der Waals surface area (Å²) in [5, 5.41) is 4.29. The van der Waals surface area contributed by atoms with Gasteiger partial charge < -0.3 is 4.90 Å². The molecule has 0 aliphatic carbocycles. The first kappa shape index (κ1) is 18.9. The predicted octanol–water partition coefficient (Wildman–Crippen LogP) is 1.91. The first-order chi connectivity index (χ1) is 11.5. The van der Waals surface area contributed by atoms with Crippen molar-refractivity contribution in [2.24, 2.45) is 11.0 Å². The SMILES string of the molecule is CNS(=O)(=O)CCc1ccc(N/N=C/CC2CCN(C)CC2)cc1. The van der Waals surface area contributed by atoms with Crippen LogP contribution < -0.4 is 10.1 Å². The summed E-state index contributed by atoms with van der Waals surface area (Å²) in [6.07, 6.45) is 5.96. The molecule has 2 rings (SSSR count). The van der Waals surface area contributed by atoms with Crippen LogP contribution >= 0.6 is 0 Å². The van der Waals surface area contributed by atoms with Crippen molar-refractivity contribution in [3.63, 3.8) is 0 Å². The number of nitrogens with zero attached hydrogens (tertiary/aromatic N) is 2. The molecule has 1 aromatic carbocycles. The van der Waals surface area contributed by atoms with Crippen molar-refractivity contribution in [1.82, 2.24) is 9.62 Å². The Bertz CT molecular complexity index is 620. The fourth-order valence-corrected chi connectivity index (χ4v) is 3.43. The highest BCUT2D eigenvalue weighted by Crippen LogP contribution is 2.18. The second-order valence-electron chi connectivity index (χ2n) is 6.38. The molecule has 1 aliphatic heterocycles. The molecule has 7 heteroatoms. The van der Waals surface area contributed by atoms with Crippen LogP contribution in [0.2, 0.25) is 0 Å². The minimum absolute atomic E-state index is 0.102. The number of hydrazone groups is 1. The van der Waals surface area contributed by atoms with Crippen LogP contribution in [0.1, 0.15) is 24.8 Å². The molecule has 0 spiro atoms. The van der Waals surface area contributed by atoms with E-state index in [0.29, 0.717) is 6.42 Å². The Balaban J connectivity index is 1.72. The fourth-order valence-electron chi connectivity index (χ4n) is 2.72. The zero-order valence-electron chi connectivity index (χ0n) is 14.5. The van der Waals surface area contributed by atoms with Crippen LogP contribution in [0.5, 0.6) is 0 Å². The van der Waals surface area contributed by atoms with Crippen molar-refractivity contribution in [1.29, 1.82) is 0 Å². The minimum Gasteiger partial charge on any atom is -0.306 e. The smallest absolute Gasteiger partial charge is 0.211 e. The Morgan fingerprint density at radius 1 is 1.25 bits per heavy atom. The Morgan fingerprint density at radius 3 is 2.54 bits per heavy atom. The third kappa shape index (κ3) is 6.59. The predicted molar refractivity (Wildman–Crippen MR) is 99.9 cm³/mol. The molecule has 1 heterocycles. The van der Waals surface area contributed by atoms with Gasteiger partial charge in [-0.05, 0) is 76.5 Å². The van der Waals surface area contributed by atoms with Gasteiger partial charge in [0.2, 0.25) is 10.0 Å². The van der Waals surface area contributed by atoms with Crippen LogP contribution in [0.3, 0.4) is 0 Å². The van der Waals surface area contributed by atoms with E-state index in [1.165, 1.54) is 33.0 Å². The summed E-state index contributed by atoms with van der Waals surface area (Å²) in [7, 11) is 0.455. The fraction of sp³-hybridized carbons (Fsp3) is 0.588. The molecule has 134 valence electrons. The first-order valence-corrected chi connectivity index (χ1v) is 10.1. The highest BCUT2D eigenvalue weighted by molar-refractivity contribution is 7.89. The standard InChI is InChI=1S/C17H28N4O2S/c1-18-24(22,23)14-10-15-3-5-17(6-4-15)20-19-11-7-16-8-12-21(2)13-9-16/h3-6,11,16,18,20H,7-10,12-14H2,1-2H3/b19-11+. The van der Waals surface area contributed by atoms with E-state index in [9.17, 15) is 8.42 Å². The van der Waals surface area contributed by atoms with Gasteiger partial charge in [0, 0.05) is 6.21 Å². The zero-order valence-corrected chi connectivity index (χ0v) is 15.3. The van der Waals surface area contributed by atoms with Gasteiger partial charge in [-0.2, -0.15) is 5.10 Å². The number of sulfonamides is 1. The van der Waals surface area contributed by atoms with E-state index in [-0.39, 0.29) is 5.75 Å². The number of piperidine rings is 1. The molecule has 0 amide bonds. The van der Waals surface area contributed by atoms with Crippen LogP contribution in [0.25, 0.3) is 0 Å². The Hall–Kier alpha value is -1.44. The minimum atomic E-state index is -3.15. The van der Waals surface area contributed by atoms with E-state index in [2.05, 4.69) is 27.2 Å². The summed E-state index contributed by atoms with van der Waals surface area (Å²) >= 11 is 0. The average molecular weight is 353 g/mol. The van der Waals surface area contributed by atoms with Gasteiger partial charge in [-0.25, -0.2) is 13.1 Å². The van der Waals surface area contributed by atoms with Crippen molar-refractivity contribution in [3.8, 4) is 0 Å². The third-order valence-corrected chi connectivity index (χ3v) is 5.85.